The third kappa shape index (κ3) is 3.52. The van der Waals surface area contributed by atoms with Crippen molar-refractivity contribution >= 4 is 23.2 Å². The highest BCUT2D eigenvalue weighted by molar-refractivity contribution is 6.34. The van der Waals surface area contributed by atoms with Gasteiger partial charge in [0, 0.05) is 12.2 Å². The lowest BCUT2D eigenvalue weighted by Gasteiger charge is -2.12. The van der Waals surface area contributed by atoms with Crippen molar-refractivity contribution in [1.29, 1.82) is 5.26 Å². The van der Waals surface area contributed by atoms with E-state index >= 15 is 0 Å². The van der Waals surface area contributed by atoms with E-state index in [0.29, 0.717) is 18.7 Å². The minimum atomic E-state index is -4.55. The van der Waals surface area contributed by atoms with Crippen LogP contribution in [0.2, 0.25) is 5.02 Å². The largest absolute Gasteiger partial charge is 0.416 e. The fourth-order valence-corrected chi connectivity index (χ4v) is 2.21. The fourth-order valence-electron chi connectivity index (χ4n) is 2.04. The molecule has 8 heteroatoms. The first-order chi connectivity index (χ1) is 10.3. The maximum Gasteiger partial charge on any atom is 0.416 e. The van der Waals surface area contributed by atoms with Gasteiger partial charge in [-0.25, -0.2) is 0 Å². The lowest BCUT2D eigenvalue weighted by atomic mass is 10.1. The predicted octanol–water partition coefficient (Wildman–Crippen LogP) is 3.46. The Morgan fingerprint density at radius 3 is 2.68 bits per heavy atom. The molecule has 1 aliphatic rings. The van der Waals surface area contributed by atoms with Crippen LogP contribution in [0.25, 0.3) is 0 Å². The number of carbonyl (C=O) groups excluding carboxylic acids is 1. The molecule has 0 saturated carbocycles. The topological polar surface area (TPSA) is 64.9 Å². The monoisotopic (exact) mass is 329 g/mol. The van der Waals surface area contributed by atoms with E-state index in [1.54, 1.807) is 6.07 Å². The van der Waals surface area contributed by atoms with Crippen molar-refractivity contribution in [2.24, 2.45) is 0 Å². The number of carbonyl (C=O) groups is 1. The van der Waals surface area contributed by atoms with Crippen molar-refractivity contribution in [2.45, 2.75) is 19.0 Å². The van der Waals surface area contributed by atoms with E-state index in [2.05, 4.69) is 10.6 Å². The molecule has 0 spiro atoms. The predicted molar refractivity (Wildman–Crippen MR) is 75.0 cm³/mol. The summed E-state index contributed by atoms with van der Waals surface area (Å²) in [4.78, 5) is 12.1. The molecule has 2 N–H and O–H groups in total. The molecule has 22 heavy (non-hydrogen) atoms. The van der Waals surface area contributed by atoms with Crippen molar-refractivity contribution in [3.05, 3.63) is 40.1 Å². The van der Waals surface area contributed by atoms with Crippen molar-refractivity contribution < 1.29 is 18.0 Å². The van der Waals surface area contributed by atoms with Gasteiger partial charge in [-0.2, -0.15) is 18.4 Å². The van der Waals surface area contributed by atoms with Gasteiger partial charge in [0.05, 0.1) is 16.3 Å². The van der Waals surface area contributed by atoms with Crippen LogP contribution in [0.3, 0.4) is 0 Å². The van der Waals surface area contributed by atoms with Crippen molar-refractivity contribution in [3.63, 3.8) is 0 Å². The van der Waals surface area contributed by atoms with Gasteiger partial charge in [0.25, 0.3) is 5.91 Å². The fraction of sp³-hybridized carbons (Fsp3) is 0.286. The van der Waals surface area contributed by atoms with Gasteiger partial charge in [0.15, 0.2) is 0 Å². The van der Waals surface area contributed by atoms with E-state index < -0.39 is 17.6 Å². The molecule has 2 rings (SSSR count). The molecule has 1 fully saturated rings. The summed E-state index contributed by atoms with van der Waals surface area (Å²) in [6.45, 7) is 0.651. The summed E-state index contributed by atoms with van der Waals surface area (Å²) in [7, 11) is 0. The van der Waals surface area contributed by atoms with Crippen molar-refractivity contribution in [3.8, 4) is 6.07 Å². The number of nitriles is 1. The summed E-state index contributed by atoms with van der Waals surface area (Å²) in [5.74, 6) is -0.784. The quantitative estimate of drug-likeness (QED) is 0.645. The zero-order valence-corrected chi connectivity index (χ0v) is 12.0. The van der Waals surface area contributed by atoms with E-state index in [4.69, 9.17) is 16.9 Å². The van der Waals surface area contributed by atoms with Crippen LogP contribution in [0.15, 0.2) is 29.5 Å². The standard InChI is InChI=1S/C14H11ClF3N3O/c15-10-4-3-8(14(16,17)18)6-12(10)21-13(22)9(7-19)11-2-1-5-20-11/h3-4,6,20H,1-2,5H2,(H,21,22). The number of halogens is 4. The lowest BCUT2D eigenvalue weighted by Crippen LogP contribution is -2.19. The number of rotatable bonds is 2. The number of amides is 1. The molecule has 1 heterocycles. The summed E-state index contributed by atoms with van der Waals surface area (Å²) in [5.41, 5.74) is -0.778. The smallest absolute Gasteiger partial charge is 0.387 e. The minimum Gasteiger partial charge on any atom is -0.387 e. The Morgan fingerprint density at radius 2 is 2.14 bits per heavy atom. The van der Waals surface area contributed by atoms with Gasteiger partial charge in [0.2, 0.25) is 0 Å². The Morgan fingerprint density at radius 1 is 1.41 bits per heavy atom. The van der Waals surface area contributed by atoms with E-state index in [1.165, 1.54) is 0 Å². The third-order valence-corrected chi connectivity index (χ3v) is 3.45. The van der Waals surface area contributed by atoms with E-state index in [1.807, 2.05) is 0 Å². The number of nitrogens with zero attached hydrogens (tertiary/aromatic N) is 1. The summed E-state index contributed by atoms with van der Waals surface area (Å²) in [6.07, 6.45) is -3.21. The zero-order chi connectivity index (χ0) is 16.3. The number of benzene rings is 1. The van der Waals surface area contributed by atoms with Crippen LogP contribution in [0, 0.1) is 11.3 Å². The molecule has 0 unspecified atom stereocenters. The van der Waals surface area contributed by atoms with E-state index in [9.17, 15) is 18.0 Å². The van der Waals surface area contributed by atoms with Gasteiger partial charge in [-0.15, -0.1) is 0 Å². The number of allylic oxidation sites excluding steroid dienone is 1. The Hall–Kier alpha value is -2.20. The molecule has 1 aliphatic heterocycles. The molecule has 1 saturated heterocycles. The van der Waals surface area contributed by atoms with Crippen LogP contribution >= 0.6 is 11.6 Å². The van der Waals surface area contributed by atoms with E-state index in [-0.39, 0.29) is 16.3 Å². The number of nitrogens with one attached hydrogen (secondary N) is 2. The number of alkyl halides is 3. The van der Waals surface area contributed by atoms with Gasteiger partial charge in [0.1, 0.15) is 11.6 Å². The first-order valence-electron chi connectivity index (χ1n) is 6.38. The maximum absolute atomic E-state index is 12.7. The number of hydrogen-bond acceptors (Lipinski definition) is 3. The summed E-state index contributed by atoms with van der Waals surface area (Å²) in [6, 6.07) is 4.37. The molecule has 1 aromatic carbocycles. The van der Waals surface area contributed by atoms with Crippen LogP contribution in [0.1, 0.15) is 18.4 Å². The summed E-state index contributed by atoms with van der Waals surface area (Å²) >= 11 is 5.80. The Bertz CT molecular complexity index is 669. The van der Waals surface area contributed by atoms with Gasteiger partial charge in [-0.3, -0.25) is 4.79 Å². The molecule has 0 aliphatic carbocycles. The highest BCUT2D eigenvalue weighted by Gasteiger charge is 2.31. The second-order valence-corrected chi connectivity index (χ2v) is 5.05. The average molecular weight is 330 g/mol. The second kappa shape index (κ2) is 6.28. The molecule has 0 atom stereocenters. The van der Waals surface area contributed by atoms with Crippen molar-refractivity contribution in [1.82, 2.24) is 5.32 Å². The zero-order valence-electron chi connectivity index (χ0n) is 11.2. The van der Waals surface area contributed by atoms with E-state index in [0.717, 1.165) is 24.6 Å². The molecule has 0 bridgehead atoms. The van der Waals surface area contributed by atoms with Crippen LogP contribution in [-0.4, -0.2) is 12.5 Å². The van der Waals surface area contributed by atoms with Gasteiger partial charge in [-0.1, -0.05) is 11.6 Å². The minimum absolute atomic E-state index is 0.0389. The Kier molecular flexibility index (Phi) is 4.62. The maximum atomic E-state index is 12.7. The van der Waals surface area contributed by atoms with Crippen molar-refractivity contribution in [2.75, 3.05) is 11.9 Å². The molecular formula is C14H11ClF3N3O. The van der Waals surface area contributed by atoms with Gasteiger partial charge >= 0.3 is 6.18 Å². The SMILES string of the molecule is N#CC(C(=O)Nc1cc(C(F)(F)F)ccc1Cl)=C1CCCN1. The van der Waals surface area contributed by atoms with Crippen LogP contribution in [-0.2, 0) is 11.0 Å². The second-order valence-electron chi connectivity index (χ2n) is 4.64. The summed E-state index contributed by atoms with van der Waals surface area (Å²) < 4.78 is 38.0. The average Bonchev–Trinajstić information content (AvgIpc) is 2.94. The lowest BCUT2D eigenvalue weighted by molar-refractivity contribution is -0.137. The third-order valence-electron chi connectivity index (χ3n) is 3.12. The first kappa shape index (κ1) is 16.2. The molecule has 0 aromatic heterocycles. The van der Waals surface area contributed by atoms with Gasteiger partial charge < -0.3 is 10.6 Å². The van der Waals surface area contributed by atoms with Crippen LogP contribution in [0.5, 0.6) is 0 Å². The molecule has 1 amide bonds. The first-order valence-corrected chi connectivity index (χ1v) is 6.76. The Balaban J connectivity index is 2.29. The van der Waals surface area contributed by atoms with Crippen LogP contribution < -0.4 is 10.6 Å². The molecule has 116 valence electrons. The molecular weight excluding hydrogens is 319 g/mol. The van der Waals surface area contributed by atoms with Crippen LogP contribution in [0.4, 0.5) is 18.9 Å². The Labute approximate surface area is 129 Å². The normalized spacial score (nSPS) is 16.7. The molecule has 0 radical (unpaired) electrons. The highest BCUT2D eigenvalue weighted by Crippen LogP contribution is 2.34. The highest BCUT2D eigenvalue weighted by atomic mass is 35.5. The van der Waals surface area contributed by atoms with Gasteiger partial charge in [-0.05, 0) is 31.0 Å². The summed E-state index contributed by atoms with van der Waals surface area (Å²) in [5, 5.41) is 14.2. The number of anilines is 1. The number of hydrogen-bond donors (Lipinski definition) is 2. The molecule has 4 nitrogen and oxygen atoms in total. The molecule has 1 aromatic rings.